The maximum absolute atomic E-state index is 11.1. The molecule has 0 aliphatic carbocycles. The average Bonchev–Trinajstić information content (AvgIpc) is 2.26. The molecule has 1 rings (SSSR count). The summed E-state index contributed by atoms with van der Waals surface area (Å²) in [4.78, 5) is 2.30. The van der Waals surface area contributed by atoms with Gasteiger partial charge in [0, 0.05) is 19.6 Å². The number of hydrogen-bond donors (Lipinski definition) is 1. The fourth-order valence-electron chi connectivity index (χ4n) is 1.46. The first-order valence-corrected chi connectivity index (χ1v) is 7.07. The first-order valence-electron chi connectivity index (χ1n) is 5.41. The molecule has 0 aromatic rings. The van der Waals surface area contributed by atoms with E-state index < -0.39 is 10.0 Å². The van der Waals surface area contributed by atoms with Gasteiger partial charge in [-0.1, -0.05) is 0 Å². The van der Waals surface area contributed by atoms with E-state index in [4.69, 9.17) is 4.74 Å². The third-order valence-corrected chi connectivity index (χ3v) is 3.86. The van der Waals surface area contributed by atoms with Gasteiger partial charge in [0.05, 0.1) is 19.0 Å². The Labute approximate surface area is 91.8 Å². The molecule has 0 bridgehead atoms. The minimum atomic E-state index is -3.02. The van der Waals surface area contributed by atoms with Crippen molar-refractivity contribution in [3.8, 4) is 0 Å². The fourth-order valence-corrected chi connectivity index (χ4v) is 2.12. The van der Waals surface area contributed by atoms with E-state index in [2.05, 4.69) is 9.62 Å². The highest BCUT2D eigenvalue weighted by Gasteiger charge is 2.10. The Hall–Kier alpha value is -0.170. The second-order valence-corrected chi connectivity index (χ2v) is 5.70. The topological polar surface area (TPSA) is 58.6 Å². The molecule has 0 radical (unpaired) electrons. The molecule has 90 valence electrons. The molecule has 0 spiro atoms. The molecular weight excluding hydrogens is 216 g/mol. The molecule has 1 saturated heterocycles. The maximum atomic E-state index is 11.1. The van der Waals surface area contributed by atoms with E-state index in [0.29, 0.717) is 6.54 Å². The number of rotatable bonds is 6. The van der Waals surface area contributed by atoms with Crippen LogP contribution in [0.25, 0.3) is 0 Å². The van der Waals surface area contributed by atoms with Crippen molar-refractivity contribution < 1.29 is 13.2 Å². The number of nitrogens with zero attached hydrogens (tertiary/aromatic N) is 1. The fraction of sp³-hybridized carbons (Fsp3) is 1.00. The lowest BCUT2D eigenvalue weighted by Crippen LogP contribution is -2.38. The van der Waals surface area contributed by atoms with Crippen LogP contribution < -0.4 is 4.72 Å². The van der Waals surface area contributed by atoms with E-state index >= 15 is 0 Å². The molecule has 15 heavy (non-hydrogen) atoms. The quantitative estimate of drug-likeness (QED) is 0.640. The summed E-state index contributed by atoms with van der Waals surface area (Å²) in [6.07, 6.45) is 0.860. The van der Waals surface area contributed by atoms with Crippen LogP contribution in [0.2, 0.25) is 0 Å². The molecular formula is C9H20N2O3S. The minimum absolute atomic E-state index is 0.157. The Morgan fingerprint density at radius 2 is 2.00 bits per heavy atom. The summed E-state index contributed by atoms with van der Waals surface area (Å²) in [5, 5.41) is 0. The molecule has 0 unspecified atom stereocenters. The molecule has 0 aromatic carbocycles. The van der Waals surface area contributed by atoms with Crippen LogP contribution in [0.4, 0.5) is 0 Å². The van der Waals surface area contributed by atoms with Crippen LogP contribution in [0.5, 0.6) is 0 Å². The van der Waals surface area contributed by atoms with Crippen molar-refractivity contribution in [2.24, 2.45) is 0 Å². The number of ether oxygens (including phenoxy) is 1. The molecule has 1 N–H and O–H groups in total. The Bertz CT molecular complexity index is 261. The lowest BCUT2D eigenvalue weighted by Gasteiger charge is -2.26. The van der Waals surface area contributed by atoms with Gasteiger partial charge in [-0.15, -0.1) is 0 Å². The molecule has 0 saturated carbocycles. The largest absolute Gasteiger partial charge is 0.379 e. The van der Waals surface area contributed by atoms with Crippen molar-refractivity contribution in [1.82, 2.24) is 9.62 Å². The van der Waals surface area contributed by atoms with Gasteiger partial charge in [0.1, 0.15) is 0 Å². The van der Waals surface area contributed by atoms with Crippen molar-refractivity contribution in [1.29, 1.82) is 0 Å². The number of morpholine rings is 1. The van der Waals surface area contributed by atoms with Crippen LogP contribution in [0, 0.1) is 0 Å². The summed E-state index contributed by atoms with van der Waals surface area (Å²) < 4.78 is 30.0. The lowest BCUT2D eigenvalue weighted by atomic mass is 10.3. The second-order valence-electron chi connectivity index (χ2n) is 3.61. The van der Waals surface area contributed by atoms with Crippen molar-refractivity contribution in [3.63, 3.8) is 0 Å². The van der Waals surface area contributed by atoms with Crippen molar-refractivity contribution in [2.45, 2.75) is 13.3 Å². The predicted octanol–water partition coefficient (Wildman–Crippen LogP) is -0.352. The monoisotopic (exact) mass is 236 g/mol. The molecule has 1 heterocycles. The van der Waals surface area contributed by atoms with Gasteiger partial charge in [-0.2, -0.15) is 0 Å². The molecule has 5 nitrogen and oxygen atoms in total. The number of sulfonamides is 1. The highest BCUT2D eigenvalue weighted by molar-refractivity contribution is 7.89. The maximum Gasteiger partial charge on any atom is 0.211 e. The van der Waals surface area contributed by atoms with E-state index in [0.717, 1.165) is 39.3 Å². The molecule has 0 atom stereocenters. The molecule has 1 fully saturated rings. The van der Waals surface area contributed by atoms with E-state index in [-0.39, 0.29) is 5.75 Å². The number of hydrogen-bond acceptors (Lipinski definition) is 4. The highest BCUT2D eigenvalue weighted by Crippen LogP contribution is 1.97. The molecule has 0 amide bonds. The Kier molecular flexibility index (Phi) is 5.52. The van der Waals surface area contributed by atoms with Gasteiger partial charge in [0.25, 0.3) is 0 Å². The molecule has 1 aliphatic heterocycles. The van der Waals surface area contributed by atoms with Crippen LogP contribution in [-0.4, -0.2) is 58.5 Å². The Balaban J connectivity index is 2.06. The van der Waals surface area contributed by atoms with E-state index in [1.54, 1.807) is 6.92 Å². The second kappa shape index (κ2) is 6.42. The van der Waals surface area contributed by atoms with Crippen molar-refractivity contribution in [3.05, 3.63) is 0 Å². The van der Waals surface area contributed by atoms with Crippen molar-refractivity contribution in [2.75, 3.05) is 45.1 Å². The van der Waals surface area contributed by atoms with Gasteiger partial charge >= 0.3 is 0 Å². The van der Waals surface area contributed by atoms with Crippen LogP contribution in [0.1, 0.15) is 13.3 Å². The SMILES string of the molecule is CCS(=O)(=O)NCCCN1CCOCC1. The zero-order valence-corrected chi connectivity index (χ0v) is 10.1. The van der Waals surface area contributed by atoms with E-state index in [1.807, 2.05) is 0 Å². The molecule has 1 aliphatic rings. The van der Waals surface area contributed by atoms with Crippen LogP contribution in [0.3, 0.4) is 0 Å². The van der Waals surface area contributed by atoms with Crippen LogP contribution in [-0.2, 0) is 14.8 Å². The summed E-state index contributed by atoms with van der Waals surface area (Å²) in [7, 11) is -3.02. The summed E-state index contributed by atoms with van der Waals surface area (Å²) in [6, 6.07) is 0. The third-order valence-electron chi connectivity index (χ3n) is 2.46. The summed E-state index contributed by atoms with van der Waals surface area (Å²) >= 11 is 0. The first kappa shape index (κ1) is 12.9. The van der Waals surface area contributed by atoms with Gasteiger partial charge < -0.3 is 4.74 Å². The van der Waals surface area contributed by atoms with Crippen molar-refractivity contribution >= 4 is 10.0 Å². The summed E-state index contributed by atoms with van der Waals surface area (Å²) in [5.41, 5.74) is 0. The van der Waals surface area contributed by atoms with Gasteiger partial charge in [-0.05, 0) is 19.9 Å². The Morgan fingerprint density at radius 1 is 1.33 bits per heavy atom. The smallest absolute Gasteiger partial charge is 0.211 e. The van der Waals surface area contributed by atoms with E-state index in [1.165, 1.54) is 0 Å². The van der Waals surface area contributed by atoms with Gasteiger partial charge in [-0.25, -0.2) is 13.1 Å². The zero-order valence-electron chi connectivity index (χ0n) is 9.24. The highest BCUT2D eigenvalue weighted by atomic mass is 32.2. The zero-order chi connectivity index (χ0) is 11.1. The van der Waals surface area contributed by atoms with Gasteiger partial charge in [-0.3, -0.25) is 4.90 Å². The van der Waals surface area contributed by atoms with Gasteiger partial charge in [0.15, 0.2) is 0 Å². The average molecular weight is 236 g/mol. The van der Waals surface area contributed by atoms with Crippen LogP contribution >= 0.6 is 0 Å². The minimum Gasteiger partial charge on any atom is -0.379 e. The predicted molar refractivity (Wildman–Crippen MR) is 59.3 cm³/mol. The number of nitrogens with one attached hydrogen (secondary N) is 1. The van der Waals surface area contributed by atoms with Gasteiger partial charge in [0.2, 0.25) is 10.0 Å². The first-order chi connectivity index (χ1) is 7.14. The molecule has 0 aromatic heterocycles. The summed E-state index contributed by atoms with van der Waals surface area (Å²) in [6.45, 7) is 6.62. The lowest BCUT2D eigenvalue weighted by molar-refractivity contribution is 0.0376. The molecule has 6 heteroatoms. The standard InChI is InChI=1S/C9H20N2O3S/c1-2-15(12,13)10-4-3-5-11-6-8-14-9-7-11/h10H,2-9H2,1H3. The third kappa shape index (κ3) is 5.46. The van der Waals surface area contributed by atoms with E-state index in [9.17, 15) is 8.42 Å². The normalized spacial score (nSPS) is 19.3. The Morgan fingerprint density at radius 3 is 2.60 bits per heavy atom. The van der Waals surface area contributed by atoms with Crippen LogP contribution in [0.15, 0.2) is 0 Å². The summed E-state index contributed by atoms with van der Waals surface area (Å²) in [5.74, 6) is 0.157.